The smallest absolute Gasteiger partial charge is 0.340 e. The highest BCUT2D eigenvalue weighted by atomic mass is 16.5. The number of rotatable bonds is 4. The Hall–Kier alpha value is -4.73. The highest BCUT2D eigenvalue weighted by Crippen LogP contribution is 2.46. The Bertz CT molecular complexity index is 1880. The van der Waals surface area contributed by atoms with E-state index < -0.39 is 17.4 Å². The van der Waals surface area contributed by atoms with E-state index in [-0.39, 0.29) is 11.8 Å². The van der Waals surface area contributed by atoms with Crippen molar-refractivity contribution in [3.05, 3.63) is 69.3 Å². The highest BCUT2D eigenvalue weighted by Gasteiger charge is 2.49. The highest BCUT2D eigenvalue weighted by molar-refractivity contribution is 6.05. The van der Waals surface area contributed by atoms with Gasteiger partial charge in [0, 0.05) is 36.7 Å². The summed E-state index contributed by atoms with van der Waals surface area (Å²) < 4.78 is 10.3. The first kappa shape index (κ1) is 29.8. The van der Waals surface area contributed by atoms with E-state index in [0.717, 1.165) is 17.0 Å². The summed E-state index contributed by atoms with van der Waals surface area (Å²) in [6.07, 6.45) is 2.65. The van der Waals surface area contributed by atoms with E-state index in [1.807, 2.05) is 52.0 Å². The molecule has 5 heterocycles. The van der Waals surface area contributed by atoms with Crippen LogP contribution in [0.4, 0.5) is 0 Å². The molecule has 2 aliphatic rings. The zero-order valence-electron chi connectivity index (χ0n) is 26.1. The van der Waals surface area contributed by atoms with Crippen molar-refractivity contribution in [1.29, 1.82) is 0 Å². The fourth-order valence-corrected chi connectivity index (χ4v) is 6.32. The zero-order chi connectivity index (χ0) is 31.4. The predicted octanol–water partition coefficient (Wildman–Crippen LogP) is 5.61. The number of aromatic amines is 2. The van der Waals surface area contributed by atoms with E-state index in [1.54, 1.807) is 25.1 Å². The SMILES string of the molecule is CC[C@@H]1c2cc3nc(cc4[nH]c(cc5[nH]c(cc(n2)[C@@]1(C)C(=O)N(C)C)c(C)c5C(=O)OC)c(C(=O)OC)c4C)C=C3C. The Morgan fingerprint density at radius 1 is 0.860 bits per heavy atom. The van der Waals surface area contributed by atoms with E-state index in [0.29, 0.717) is 62.1 Å². The molecule has 0 aliphatic carbocycles. The van der Waals surface area contributed by atoms with Crippen LogP contribution in [0.2, 0.25) is 0 Å². The number of aryl methyl sites for hydroxylation is 2. The molecule has 10 nitrogen and oxygen atoms in total. The van der Waals surface area contributed by atoms with Gasteiger partial charge in [-0.05, 0) is 81.2 Å². The van der Waals surface area contributed by atoms with Crippen LogP contribution in [-0.2, 0) is 19.7 Å². The number of hydrogen-bond acceptors (Lipinski definition) is 7. The number of methoxy groups -OCH3 is 2. The first-order valence-corrected chi connectivity index (χ1v) is 14.2. The van der Waals surface area contributed by atoms with Crippen LogP contribution >= 0.6 is 0 Å². The number of amides is 1. The summed E-state index contributed by atoms with van der Waals surface area (Å²) in [6, 6.07) is 7.38. The third-order valence-corrected chi connectivity index (χ3v) is 8.67. The van der Waals surface area contributed by atoms with Gasteiger partial charge in [-0.2, -0.15) is 0 Å². The number of nitrogens with one attached hydrogen (secondary N) is 2. The summed E-state index contributed by atoms with van der Waals surface area (Å²) in [7, 11) is 6.14. The lowest BCUT2D eigenvalue weighted by Gasteiger charge is -2.32. The fourth-order valence-electron chi connectivity index (χ4n) is 6.32. The summed E-state index contributed by atoms with van der Waals surface area (Å²) in [5.74, 6) is -1.33. The van der Waals surface area contributed by atoms with Gasteiger partial charge in [0.1, 0.15) is 0 Å². The van der Waals surface area contributed by atoms with Crippen LogP contribution in [0.3, 0.4) is 0 Å². The van der Waals surface area contributed by atoms with E-state index >= 15 is 0 Å². The number of aromatic nitrogens is 4. The summed E-state index contributed by atoms with van der Waals surface area (Å²) in [5.41, 5.74) is 6.94. The molecule has 2 aliphatic heterocycles. The number of hydrogen-bond donors (Lipinski definition) is 2. The lowest BCUT2D eigenvalue weighted by atomic mass is 9.72. The van der Waals surface area contributed by atoms with Gasteiger partial charge in [-0.3, -0.25) is 9.78 Å². The molecular formula is C33H37N5O5. The number of esters is 2. The molecule has 0 fully saturated rings. The van der Waals surface area contributed by atoms with Crippen molar-refractivity contribution in [3.63, 3.8) is 0 Å². The second-order valence-corrected chi connectivity index (χ2v) is 11.5. The molecule has 3 aromatic rings. The maximum Gasteiger partial charge on any atom is 0.340 e. The molecule has 5 rings (SSSR count). The summed E-state index contributed by atoms with van der Waals surface area (Å²) in [5, 5.41) is 0. The molecule has 0 saturated heterocycles. The monoisotopic (exact) mass is 583 g/mol. The first-order valence-electron chi connectivity index (χ1n) is 14.2. The Kier molecular flexibility index (Phi) is 7.50. The summed E-state index contributed by atoms with van der Waals surface area (Å²) in [6.45, 7) is 9.62. The molecular weight excluding hydrogens is 546 g/mol. The minimum Gasteiger partial charge on any atom is -0.465 e. The van der Waals surface area contributed by atoms with Crippen molar-refractivity contribution >= 4 is 51.6 Å². The second-order valence-electron chi connectivity index (χ2n) is 11.5. The lowest BCUT2D eigenvalue weighted by molar-refractivity contribution is -0.135. The third kappa shape index (κ3) is 4.70. The standard InChI is InChI=1S/C33H37N5O5/c1-10-20-24-13-21-16(2)11-19(34-21)12-22-17(3)28(30(39)42-8)25(35-22)14-26-29(31(40)43-9)18(4)23(36-26)15-27(37-24)33(20,5)32(41)38(6)7/h11-15,20,35-36H,10H2,1-9H3/t20-,33+/m1/s1. The van der Waals surface area contributed by atoms with Crippen molar-refractivity contribution < 1.29 is 23.9 Å². The maximum atomic E-state index is 13.8. The fraction of sp³-hybridized carbons (Fsp3) is 0.364. The van der Waals surface area contributed by atoms with Crippen molar-refractivity contribution in [3.8, 4) is 0 Å². The number of carbonyl (C=O) groups is 3. The molecule has 0 unspecified atom stereocenters. The van der Waals surface area contributed by atoms with Crippen LogP contribution in [0.1, 0.15) is 87.7 Å². The molecule has 1 amide bonds. The molecule has 2 N–H and O–H groups in total. The van der Waals surface area contributed by atoms with Gasteiger partial charge in [0.15, 0.2) is 0 Å². The number of ether oxygens (including phenoxy) is 2. The Balaban J connectivity index is 2.02. The van der Waals surface area contributed by atoms with E-state index in [9.17, 15) is 14.4 Å². The molecule has 0 saturated carbocycles. The Labute approximate surface area is 250 Å². The van der Waals surface area contributed by atoms with Crippen LogP contribution in [0, 0.1) is 13.8 Å². The van der Waals surface area contributed by atoms with Crippen molar-refractivity contribution in [2.24, 2.45) is 0 Å². The zero-order valence-corrected chi connectivity index (χ0v) is 26.1. The molecule has 10 heteroatoms. The first-order chi connectivity index (χ1) is 20.3. The van der Waals surface area contributed by atoms with E-state index in [2.05, 4.69) is 16.9 Å². The molecule has 43 heavy (non-hydrogen) atoms. The summed E-state index contributed by atoms with van der Waals surface area (Å²) in [4.78, 5) is 58.1. The quantitative estimate of drug-likeness (QED) is 0.382. The van der Waals surface area contributed by atoms with E-state index in [1.165, 1.54) is 14.2 Å². The second kappa shape index (κ2) is 10.8. The molecule has 224 valence electrons. The summed E-state index contributed by atoms with van der Waals surface area (Å²) >= 11 is 0. The van der Waals surface area contributed by atoms with Crippen LogP contribution in [-0.4, -0.2) is 71.0 Å². The van der Waals surface area contributed by atoms with Gasteiger partial charge >= 0.3 is 11.9 Å². The normalized spacial score (nSPS) is 17.8. The average Bonchev–Trinajstić information content (AvgIpc) is 3.65. The number of nitrogens with zero attached hydrogens (tertiary/aromatic N) is 3. The van der Waals surface area contributed by atoms with Gasteiger partial charge in [0.2, 0.25) is 5.91 Å². The molecule has 0 radical (unpaired) electrons. The maximum absolute atomic E-state index is 13.8. The average molecular weight is 584 g/mol. The van der Waals surface area contributed by atoms with Crippen LogP contribution < -0.4 is 0 Å². The van der Waals surface area contributed by atoms with Crippen molar-refractivity contribution in [1.82, 2.24) is 24.8 Å². The van der Waals surface area contributed by atoms with Crippen LogP contribution in [0.5, 0.6) is 0 Å². The predicted molar refractivity (Wildman–Crippen MR) is 166 cm³/mol. The minimum atomic E-state index is -0.969. The lowest BCUT2D eigenvalue weighted by Crippen LogP contribution is -2.43. The van der Waals surface area contributed by atoms with Crippen molar-refractivity contribution in [2.45, 2.75) is 52.4 Å². The van der Waals surface area contributed by atoms with Crippen LogP contribution in [0.15, 0.2) is 24.3 Å². The minimum absolute atomic E-state index is 0.0714. The topological polar surface area (TPSA) is 130 Å². The number of fused-ring (bicyclic) bond motifs is 8. The molecule has 0 aromatic carbocycles. The van der Waals surface area contributed by atoms with Gasteiger partial charge in [-0.15, -0.1) is 0 Å². The number of carbonyl (C=O) groups excluding carboxylic acids is 3. The molecule has 8 bridgehead atoms. The van der Waals surface area contributed by atoms with Gasteiger partial charge in [-0.25, -0.2) is 14.6 Å². The molecule has 3 aromatic heterocycles. The van der Waals surface area contributed by atoms with Gasteiger partial charge in [0.05, 0.1) is 58.9 Å². The third-order valence-electron chi connectivity index (χ3n) is 8.67. The van der Waals surface area contributed by atoms with Crippen LogP contribution in [0.25, 0.3) is 33.7 Å². The van der Waals surface area contributed by atoms with Gasteiger partial charge < -0.3 is 24.3 Å². The van der Waals surface area contributed by atoms with Gasteiger partial charge in [0.25, 0.3) is 0 Å². The Morgan fingerprint density at radius 2 is 1.42 bits per heavy atom. The van der Waals surface area contributed by atoms with Gasteiger partial charge in [-0.1, -0.05) is 6.92 Å². The number of H-pyrrole nitrogens is 2. The van der Waals surface area contributed by atoms with E-state index in [4.69, 9.17) is 19.4 Å². The molecule has 2 atom stereocenters. The molecule has 0 spiro atoms. The van der Waals surface area contributed by atoms with Crippen molar-refractivity contribution in [2.75, 3.05) is 28.3 Å². The Morgan fingerprint density at radius 3 is 1.93 bits per heavy atom. The largest absolute Gasteiger partial charge is 0.465 e. The number of allylic oxidation sites excluding steroid dienone is 1. The number of likely N-dealkylation sites (N-methyl/N-ethyl adjacent to an activating group) is 1.